The molecule has 98 valence electrons. The molecule has 3 heterocycles. The van der Waals surface area contributed by atoms with Crippen LogP contribution in [0, 0.1) is 0 Å². The highest BCUT2D eigenvalue weighted by molar-refractivity contribution is 7.19. The summed E-state index contributed by atoms with van der Waals surface area (Å²) in [6.45, 7) is 4.18. The van der Waals surface area contributed by atoms with Crippen molar-refractivity contribution >= 4 is 16.3 Å². The highest BCUT2D eigenvalue weighted by Crippen LogP contribution is 2.40. The van der Waals surface area contributed by atoms with Crippen LogP contribution in [0.5, 0.6) is 0 Å². The Morgan fingerprint density at radius 1 is 1.37 bits per heavy atom. The first-order valence-corrected chi connectivity index (χ1v) is 7.32. The van der Waals surface area contributed by atoms with E-state index in [-0.39, 0.29) is 0 Å². The van der Waals surface area contributed by atoms with Gasteiger partial charge in [-0.3, -0.25) is 5.10 Å². The van der Waals surface area contributed by atoms with Crippen molar-refractivity contribution in [2.45, 2.75) is 38.5 Å². The van der Waals surface area contributed by atoms with E-state index in [9.17, 15) is 0 Å². The van der Waals surface area contributed by atoms with Crippen molar-refractivity contribution in [3.63, 3.8) is 0 Å². The van der Waals surface area contributed by atoms with Gasteiger partial charge in [0.2, 0.25) is 4.96 Å². The van der Waals surface area contributed by atoms with Crippen molar-refractivity contribution in [1.29, 1.82) is 0 Å². The number of H-pyrrole nitrogens is 1. The van der Waals surface area contributed by atoms with Crippen LogP contribution in [0.2, 0.25) is 0 Å². The Labute approximate surface area is 113 Å². The van der Waals surface area contributed by atoms with Crippen molar-refractivity contribution in [2.24, 2.45) is 0 Å². The van der Waals surface area contributed by atoms with Crippen molar-refractivity contribution in [1.82, 2.24) is 30.0 Å². The first-order valence-electron chi connectivity index (χ1n) is 6.50. The second-order valence-electron chi connectivity index (χ2n) is 5.30. The van der Waals surface area contributed by atoms with Gasteiger partial charge in [-0.25, -0.2) is 0 Å². The Bertz CT molecular complexity index is 732. The van der Waals surface area contributed by atoms with Gasteiger partial charge in [-0.2, -0.15) is 14.7 Å². The number of aromatic amines is 1. The highest BCUT2D eigenvalue weighted by Gasteiger charge is 2.26. The minimum atomic E-state index is 0.311. The van der Waals surface area contributed by atoms with E-state index in [2.05, 4.69) is 45.4 Å². The molecule has 7 heteroatoms. The smallest absolute Gasteiger partial charge is 0.235 e. The van der Waals surface area contributed by atoms with Gasteiger partial charge >= 0.3 is 0 Å². The number of hydrogen-bond donors (Lipinski definition) is 1. The van der Waals surface area contributed by atoms with E-state index in [1.807, 2.05) is 4.52 Å². The monoisotopic (exact) mass is 274 g/mol. The molecule has 6 nitrogen and oxygen atoms in total. The Kier molecular flexibility index (Phi) is 2.26. The van der Waals surface area contributed by atoms with Crippen LogP contribution in [-0.4, -0.2) is 30.0 Å². The second kappa shape index (κ2) is 3.86. The lowest BCUT2D eigenvalue weighted by molar-refractivity contribution is 0.726. The molecule has 19 heavy (non-hydrogen) atoms. The fraction of sp³-hybridized carbons (Fsp3) is 0.500. The molecule has 0 aromatic carbocycles. The van der Waals surface area contributed by atoms with Gasteiger partial charge in [-0.1, -0.05) is 25.2 Å². The summed E-state index contributed by atoms with van der Waals surface area (Å²) in [5, 5.41) is 21.3. The molecule has 0 aliphatic heterocycles. The fourth-order valence-electron chi connectivity index (χ4n) is 2.15. The summed E-state index contributed by atoms with van der Waals surface area (Å²) in [6, 6.07) is 2.11. The predicted octanol–water partition coefficient (Wildman–Crippen LogP) is 2.58. The number of rotatable bonds is 3. The fourth-order valence-corrected chi connectivity index (χ4v) is 2.95. The summed E-state index contributed by atoms with van der Waals surface area (Å²) in [5.41, 5.74) is 2.14. The van der Waals surface area contributed by atoms with E-state index >= 15 is 0 Å². The molecule has 1 N–H and O–H groups in total. The van der Waals surface area contributed by atoms with E-state index in [1.54, 1.807) is 0 Å². The Hall–Kier alpha value is -1.76. The average molecular weight is 274 g/mol. The van der Waals surface area contributed by atoms with Gasteiger partial charge in [0, 0.05) is 17.5 Å². The van der Waals surface area contributed by atoms with Gasteiger partial charge in [-0.15, -0.1) is 10.2 Å². The molecule has 1 saturated carbocycles. The predicted molar refractivity (Wildman–Crippen MR) is 72.3 cm³/mol. The molecule has 0 radical (unpaired) electrons. The highest BCUT2D eigenvalue weighted by atomic mass is 32.1. The van der Waals surface area contributed by atoms with Gasteiger partial charge in [0.1, 0.15) is 5.69 Å². The maximum absolute atomic E-state index is 4.58. The van der Waals surface area contributed by atoms with Crippen LogP contribution in [0.4, 0.5) is 0 Å². The average Bonchev–Trinajstić information content (AvgIpc) is 2.83. The minimum Gasteiger partial charge on any atom is -0.282 e. The summed E-state index contributed by atoms with van der Waals surface area (Å²) in [6.07, 6.45) is 2.54. The Morgan fingerprint density at radius 2 is 2.21 bits per heavy atom. The zero-order chi connectivity index (χ0) is 13.0. The third kappa shape index (κ3) is 1.76. The van der Waals surface area contributed by atoms with Crippen LogP contribution in [0.25, 0.3) is 15.7 Å². The number of fused-ring (bicyclic) bond motifs is 1. The normalized spacial score (nSPS) is 15.7. The van der Waals surface area contributed by atoms with Crippen molar-refractivity contribution in [3.8, 4) is 10.7 Å². The first kappa shape index (κ1) is 11.1. The quantitative estimate of drug-likeness (QED) is 0.796. The molecule has 0 saturated heterocycles. The molecule has 4 rings (SSSR count). The molecule has 3 aromatic heterocycles. The molecule has 0 bridgehead atoms. The van der Waals surface area contributed by atoms with Crippen LogP contribution in [0.3, 0.4) is 0 Å². The van der Waals surface area contributed by atoms with Gasteiger partial charge in [0.05, 0.1) is 0 Å². The molecule has 3 aromatic rings. The molecule has 0 unspecified atom stereocenters. The van der Waals surface area contributed by atoms with E-state index < -0.39 is 0 Å². The van der Waals surface area contributed by atoms with E-state index in [4.69, 9.17) is 0 Å². The molecule has 1 aliphatic carbocycles. The topological polar surface area (TPSA) is 71.8 Å². The molecule has 0 amide bonds. The number of aromatic nitrogens is 6. The number of nitrogens with one attached hydrogen (secondary N) is 1. The summed E-state index contributed by atoms with van der Waals surface area (Å²) >= 11 is 1.53. The van der Waals surface area contributed by atoms with Gasteiger partial charge in [0.25, 0.3) is 0 Å². The standard InChI is InChI=1S/C12H14N6S/c1-6(2)10-15-16-12-18(10)17-11(19-12)9-5-8(13-14-9)7-3-4-7/h5-7H,3-4H2,1-2H3,(H,13,14). The van der Waals surface area contributed by atoms with E-state index in [0.29, 0.717) is 11.8 Å². The lowest BCUT2D eigenvalue weighted by atomic mass is 10.2. The van der Waals surface area contributed by atoms with Crippen LogP contribution in [0.15, 0.2) is 6.07 Å². The summed E-state index contributed by atoms with van der Waals surface area (Å²) in [7, 11) is 0. The summed E-state index contributed by atoms with van der Waals surface area (Å²) in [5.74, 6) is 1.89. The lowest BCUT2D eigenvalue weighted by Crippen LogP contribution is -1.97. The lowest BCUT2D eigenvalue weighted by Gasteiger charge is -1.97. The zero-order valence-electron chi connectivity index (χ0n) is 10.8. The minimum absolute atomic E-state index is 0.311. The zero-order valence-corrected chi connectivity index (χ0v) is 11.6. The van der Waals surface area contributed by atoms with Crippen molar-refractivity contribution in [2.75, 3.05) is 0 Å². The Balaban J connectivity index is 1.77. The summed E-state index contributed by atoms with van der Waals surface area (Å²) in [4.78, 5) is 0.828. The van der Waals surface area contributed by atoms with Gasteiger partial charge in [0.15, 0.2) is 10.8 Å². The molecule has 0 spiro atoms. The first-order chi connectivity index (χ1) is 9.22. The Morgan fingerprint density at radius 3 is 2.95 bits per heavy atom. The maximum atomic E-state index is 4.58. The third-order valence-electron chi connectivity index (χ3n) is 3.37. The SMILES string of the molecule is CC(C)c1nnc2sc(-c3cc(C4CC4)[nH]n3)nn12. The third-order valence-corrected chi connectivity index (χ3v) is 4.29. The molecule has 0 atom stereocenters. The largest absolute Gasteiger partial charge is 0.282 e. The molecule has 1 aliphatic rings. The summed E-state index contributed by atoms with van der Waals surface area (Å²) < 4.78 is 1.83. The van der Waals surface area contributed by atoms with Gasteiger partial charge < -0.3 is 0 Å². The maximum Gasteiger partial charge on any atom is 0.235 e. The molecule has 1 fully saturated rings. The van der Waals surface area contributed by atoms with E-state index in [0.717, 1.165) is 21.5 Å². The van der Waals surface area contributed by atoms with Crippen molar-refractivity contribution < 1.29 is 0 Å². The second-order valence-corrected chi connectivity index (χ2v) is 6.25. The van der Waals surface area contributed by atoms with Crippen LogP contribution in [0.1, 0.15) is 50.0 Å². The number of nitrogens with zero attached hydrogens (tertiary/aromatic N) is 5. The van der Waals surface area contributed by atoms with Crippen molar-refractivity contribution in [3.05, 3.63) is 17.6 Å². The van der Waals surface area contributed by atoms with Crippen LogP contribution >= 0.6 is 11.3 Å². The molecular weight excluding hydrogens is 260 g/mol. The van der Waals surface area contributed by atoms with Crippen LogP contribution < -0.4 is 0 Å². The molecular formula is C12H14N6S. The van der Waals surface area contributed by atoms with Crippen LogP contribution in [-0.2, 0) is 0 Å². The number of hydrogen-bond acceptors (Lipinski definition) is 5. The van der Waals surface area contributed by atoms with Gasteiger partial charge in [-0.05, 0) is 18.9 Å². The van der Waals surface area contributed by atoms with E-state index in [1.165, 1.54) is 29.9 Å².